The Kier molecular flexibility index (Phi) is 5.87. The predicted octanol–water partition coefficient (Wildman–Crippen LogP) is 5.76. The summed E-state index contributed by atoms with van der Waals surface area (Å²) in [5.74, 6) is -0.947. The summed E-state index contributed by atoms with van der Waals surface area (Å²) in [6.45, 7) is 1.95. The highest BCUT2D eigenvalue weighted by molar-refractivity contribution is 5.62. The van der Waals surface area contributed by atoms with E-state index < -0.39 is 18.5 Å². The molecule has 3 aromatic rings. The van der Waals surface area contributed by atoms with Crippen molar-refractivity contribution in [3.8, 4) is 23.0 Å². The largest absolute Gasteiger partial charge is 0.493 e. The highest BCUT2D eigenvalue weighted by Crippen LogP contribution is 2.44. The second kappa shape index (κ2) is 8.99. The zero-order valence-electron chi connectivity index (χ0n) is 18.9. The molecule has 0 aromatic heterocycles. The van der Waals surface area contributed by atoms with Crippen molar-refractivity contribution >= 4 is 6.08 Å². The molecule has 1 atom stereocenters. The van der Waals surface area contributed by atoms with Crippen LogP contribution in [0.2, 0.25) is 0 Å². The van der Waals surface area contributed by atoms with Crippen LogP contribution in [0.25, 0.3) is 6.08 Å². The van der Waals surface area contributed by atoms with Crippen LogP contribution in [0, 0.1) is 6.92 Å². The zero-order chi connectivity index (χ0) is 23.7. The molecule has 0 saturated heterocycles. The maximum absolute atomic E-state index is 14.9. The standard InChI is InChI=1S/C27H25F2NO4/c1-17-10-24-25(34-16-33-24)11-19(17)8-9-22-20-12-23(31-2)26(13-21(20)27(28,29)15-30-22)32-14-18-6-4-3-5-7-18/h3-13,22,30H,14-16H2,1-2H3/b9-8+. The van der Waals surface area contributed by atoms with Crippen LogP contribution < -0.4 is 24.3 Å². The van der Waals surface area contributed by atoms with Gasteiger partial charge in [0.2, 0.25) is 6.79 Å². The van der Waals surface area contributed by atoms with Gasteiger partial charge in [-0.05, 0) is 53.4 Å². The van der Waals surface area contributed by atoms with E-state index in [1.165, 1.54) is 13.2 Å². The molecule has 0 aliphatic carbocycles. The monoisotopic (exact) mass is 465 g/mol. The fourth-order valence-corrected chi connectivity index (χ4v) is 4.21. The van der Waals surface area contributed by atoms with Crippen molar-refractivity contribution in [1.82, 2.24) is 5.32 Å². The molecule has 7 heteroatoms. The first kappa shape index (κ1) is 22.2. The van der Waals surface area contributed by atoms with Crippen LogP contribution in [-0.4, -0.2) is 20.4 Å². The molecule has 2 heterocycles. The molecular formula is C27H25F2NO4. The maximum atomic E-state index is 14.9. The normalized spacial score (nSPS) is 18.1. The molecule has 0 saturated carbocycles. The van der Waals surface area contributed by atoms with Gasteiger partial charge in [-0.15, -0.1) is 0 Å². The van der Waals surface area contributed by atoms with Gasteiger partial charge in [-0.2, -0.15) is 8.78 Å². The summed E-state index contributed by atoms with van der Waals surface area (Å²) in [5.41, 5.74) is 3.27. The third-order valence-electron chi connectivity index (χ3n) is 6.08. The van der Waals surface area contributed by atoms with Gasteiger partial charge < -0.3 is 24.3 Å². The molecule has 0 spiro atoms. The van der Waals surface area contributed by atoms with E-state index in [2.05, 4.69) is 5.32 Å². The Hall–Kier alpha value is -3.58. The lowest BCUT2D eigenvalue weighted by atomic mass is 9.90. The van der Waals surface area contributed by atoms with Crippen molar-refractivity contribution in [1.29, 1.82) is 0 Å². The molecule has 3 aromatic carbocycles. The van der Waals surface area contributed by atoms with Crippen LogP contribution in [0.4, 0.5) is 8.78 Å². The first-order valence-electron chi connectivity index (χ1n) is 11.0. The summed E-state index contributed by atoms with van der Waals surface area (Å²) in [4.78, 5) is 0. The minimum atomic E-state index is -3.04. The Labute approximate surface area is 196 Å². The third kappa shape index (κ3) is 4.31. The van der Waals surface area contributed by atoms with Gasteiger partial charge in [-0.3, -0.25) is 0 Å². The van der Waals surface area contributed by atoms with Gasteiger partial charge in [0.25, 0.3) is 5.92 Å². The lowest BCUT2D eigenvalue weighted by Crippen LogP contribution is -2.39. The first-order chi connectivity index (χ1) is 16.4. The summed E-state index contributed by atoms with van der Waals surface area (Å²) in [6, 6.07) is 16.0. The van der Waals surface area contributed by atoms with Crippen molar-refractivity contribution in [2.24, 2.45) is 0 Å². The Morgan fingerprint density at radius 3 is 2.59 bits per heavy atom. The fourth-order valence-electron chi connectivity index (χ4n) is 4.21. The van der Waals surface area contributed by atoms with E-state index in [0.29, 0.717) is 28.6 Å². The zero-order valence-corrected chi connectivity index (χ0v) is 18.9. The van der Waals surface area contributed by atoms with Gasteiger partial charge >= 0.3 is 0 Å². The van der Waals surface area contributed by atoms with Crippen LogP contribution in [0.1, 0.15) is 33.9 Å². The van der Waals surface area contributed by atoms with Crippen LogP contribution in [0.15, 0.2) is 60.7 Å². The number of fused-ring (bicyclic) bond motifs is 2. The number of aryl methyl sites for hydroxylation is 1. The van der Waals surface area contributed by atoms with Crippen molar-refractivity contribution in [3.05, 3.63) is 88.5 Å². The molecular weight excluding hydrogens is 440 g/mol. The van der Waals surface area contributed by atoms with E-state index in [0.717, 1.165) is 16.7 Å². The molecule has 2 aliphatic rings. The minimum absolute atomic E-state index is 0.0628. The number of methoxy groups -OCH3 is 1. The Morgan fingerprint density at radius 2 is 1.82 bits per heavy atom. The molecule has 0 bridgehead atoms. The first-order valence-corrected chi connectivity index (χ1v) is 11.0. The van der Waals surface area contributed by atoms with Crippen molar-refractivity contribution in [3.63, 3.8) is 0 Å². The lowest BCUT2D eigenvalue weighted by Gasteiger charge is -2.32. The molecule has 34 heavy (non-hydrogen) atoms. The SMILES string of the molecule is COc1cc2c(cc1OCc1ccccc1)C(F)(F)CNC2/C=C/c1cc2c(cc1C)OCO2. The second-order valence-electron chi connectivity index (χ2n) is 8.35. The second-order valence-corrected chi connectivity index (χ2v) is 8.35. The fraction of sp³-hybridized carbons (Fsp3) is 0.259. The van der Waals surface area contributed by atoms with Crippen molar-refractivity contribution in [2.45, 2.75) is 25.5 Å². The third-order valence-corrected chi connectivity index (χ3v) is 6.08. The number of alkyl halides is 2. The van der Waals surface area contributed by atoms with Gasteiger partial charge in [0.1, 0.15) is 6.61 Å². The van der Waals surface area contributed by atoms with Gasteiger partial charge in [-0.1, -0.05) is 42.5 Å². The van der Waals surface area contributed by atoms with Crippen LogP contribution in [0.5, 0.6) is 23.0 Å². The number of nitrogens with one attached hydrogen (secondary N) is 1. The number of benzene rings is 3. The molecule has 1 unspecified atom stereocenters. The summed E-state index contributed by atoms with van der Waals surface area (Å²) < 4.78 is 52.1. The van der Waals surface area contributed by atoms with Crippen molar-refractivity contribution in [2.75, 3.05) is 20.4 Å². The van der Waals surface area contributed by atoms with Gasteiger partial charge in [0, 0.05) is 5.56 Å². The Bertz CT molecular complexity index is 1230. The number of rotatable bonds is 6. The predicted molar refractivity (Wildman–Crippen MR) is 125 cm³/mol. The molecule has 5 rings (SSSR count). The van der Waals surface area contributed by atoms with Crippen LogP contribution in [0.3, 0.4) is 0 Å². The average Bonchev–Trinajstić information content (AvgIpc) is 3.29. The molecule has 5 nitrogen and oxygen atoms in total. The van der Waals surface area contributed by atoms with E-state index in [-0.39, 0.29) is 19.0 Å². The Balaban J connectivity index is 1.45. The van der Waals surface area contributed by atoms with Crippen LogP contribution >= 0.6 is 0 Å². The molecule has 176 valence electrons. The average molecular weight is 465 g/mol. The topological polar surface area (TPSA) is 49.0 Å². The van der Waals surface area contributed by atoms with Gasteiger partial charge in [-0.25, -0.2) is 0 Å². The molecule has 0 radical (unpaired) electrons. The Morgan fingerprint density at radius 1 is 1.06 bits per heavy atom. The number of hydrogen-bond donors (Lipinski definition) is 1. The van der Waals surface area contributed by atoms with E-state index in [4.69, 9.17) is 18.9 Å². The minimum Gasteiger partial charge on any atom is -0.493 e. The quantitative estimate of drug-likeness (QED) is 0.502. The van der Waals surface area contributed by atoms with E-state index >= 15 is 0 Å². The summed E-state index contributed by atoms with van der Waals surface area (Å²) in [7, 11) is 1.51. The molecule has 1 N–H and O–H groups in total. The molecule has 0 fully saturated rings. The van der Waals surface area contributed by atoms with Gasteiger partial charge in [0.15, 0.2) is 23.0 Å². The summed E-state index contributed by atoms with van der Waals surface area (Å²) in [5, 5.41) is 2.95. The maximum Gasteiger partial charge on any atom is 0.285 e. The van der Waals surface area contributed by atoms with E-state index in [1.54, 1.807) is 6.07 Å². The van der Waals surface area contributed by atoms with Gasteiger partial charge in [0.05, 0.1) is 19.7 Å². The number of hydrogen-bond acceptors (Lipinski definition) is 5. The molecule has 0 amide bonds. The summed E-state index contributed by atoms with van der Waals surface area (Å²) >= 11 is 0. The molecule has 2 aliphatic heterocycles. The highest BCUT2D eigenvalue weighted by Gasteiger charge is 2.40. The van der Waals surface area contributed by atoms with Crippen LogP contribution in [-0.2, 0) is 12.5 Å². The number of ether oxygens (including phenoxy) is 4. The smallest absolute Gasteiger partial charge is 0.285 e. The van der Waals surface area contributed by atoms with E-state index in [9.17, 15) is 8.78 Å². The van der Waals surface area contributed by atoms with E-state index in [1.807, 2.05) is 61.5 Å². The summed E-state index contributed by atoms with van der Waals surface area (Å²) in [6.07, 6.45) is 3.79. The van der Waals surface area contributed by atoms with Crippen molar-refractivity contribution < 1.29 is 27.7 Å². The highest BCUT2D eigenvalue weighted by atomic mass is 19.3. The lowest BCUT2D eigenvalue weighted by molar-refractivity contribution is -0.0133. The number of halogens is 2.